The van der Waals surface area contributed by atoms with Gasteiger partial charge in [-0.05, 0) is 24.3 Å². The third-order valence-corrected chi connectivity index (χ3v) is 2.68. The van der Waals surface area contributed by atoms with Gasteiger partial charge in [0, 0.05) is 24.9 Å². The number of aromatic nitrogens is 4. The molecule has 2 heterocycles. The number of ether oxygens (including phenoxy) is 1. The fraction of sp³-hybridized carbons (Fsp3) is 0.0714. The summed E-state index contributed by atoms with van der Waals surface area (Å²) in [5, 5.41) is 4.09. The standard InChI is InChI=1S/C14H11FN4O/c1-19-8-10(7-18-19)13-6-14(17-9-16-13)20-12-4-2-11(15)3-5-12/h2-9H,1H3. The second kappa shape index (κ2) is 5.08. The zero-order chi connectivity index (χ0) is 13.9. The summed E-state index contributed by atoms with van der Waals surface area (Å²) in [7, 11) is 1.83. The summed E-state index contributed by atoms with van der Waals surface area (Å²) in [5.41, 5.74) is 1.59. The zero-order valence-corrected chi connectivity index (χ0v) is 10.7. The van der Waals surface area contributed by atoms with Crippen LogP contribution in [0, 0.1) is 5.82 Å². The molecule has 3 aromatic rings. The first-order valence-electron chi connectivity index (χ1n) is 5.95. The van der Waals surface area contributed by atoms with Gasteiger partial charge < -0.3 is 4.74 Å². The van der Waals surface area contributed by atoms with E-state index in [1.807, 2.05) is 13.2 Å². The molecule has 100 valence electrons. The quantitative estimate of drug-likeness (QED) is 0.734. The van der Waals surface area contributed by atoms with Crippen LogP contribution in [-0.2, 0) is 7.05 Å². The average molecular weight is 270 g/mol. The Morgan fingerprint density at radius 3 is 2.65 bits per heavy atom. The number of hydrogen-bond donors (Lipinski definition) is 0. The first-order chi connectivity index (χ1) is 9.70. The lowest BCUT2D eigenvalue weighted by Crippen LogP contribution is -1.91. The van der Waals surface area contributed by atoms with Crippen molar-refractivity contribution in [2.75, 3.05) is 0 Å². The van der Waals surface area contributed by atoms with Crippen LogP contribution < -0.4 is 4.74 Å². The van der Waals surface area contributed by atoms with Crippen molar-refractivity contribution in [2.24, 2.45) is 7.05 Å². The van der Waals surface area contributed by atoms with E-state index in [2.05, 4.69) is 15.1 Å². The van der Waals surface area contributed by atoms with Crippen LogP contribution in [0.3, 0.4) is 0 Å². The van der Waals surface area contributed by atoms with Crippen LogP contribution >= 0.6 is 0 Å². The predicted molar refractivity (Wildman–Crippen MR) is 70.7 cm³/mol. The Morgan fingerprint density at radius 1 is 1.15 bits per heavy atom. The highest BCUT2D eigenvalue weighted by atomic mass is 19.1. The Labute approximate surface area is 114 Å². The lowest BCUT2D eigenvalue weighted by molar-refractivity contribution is 0.460. The largest absolute Gasteiger partial charge is 0.439 e. The summed E-state index contributed by atoms with van der Waals surface area (Å²) in [4.78, 5) is 8.21. The molecule has 0 N–H and O–H groups in total. The molecule has 0 aliphatic carbocycles. The molecule has 0 saturated carbocycles. The molecule has 0 spiro atoms. The smallest absolute Gasteiger partial charge is 0.222 e. The monoisotopic (exact) mass is 270 g/mol. The highest BCUT2D eigenvalue weighted by molar-refractivity contribution is 5.57. The van der Waals surface area contributed by atoms with Crippen LogP contribution in [0.4, 0.5) is 4.39 Å². The Kier molecular flexibility index (Phi) is 3.12. The van der Waals surface area contributed by atoms with Crippen molar-refractivity contribution in [2.45, 2.75) is 0 Å². The summed E-state index contributed by atoms with van der Waals surface area (Å²) in [6.45, 7) is 0. The van der Waals surface area contributed by atoms with Gasteiger partial charge in [-0.25, -0.2) is 14.4 Å². The summed E-state index contributed by atoms with van der Waals surface area (Å²) in [6, 6.07) is 7.46. The summed E-state index contributed by atoms with van der Waals surface area (Å²) >= 11 is 0. The SMILES string of the molecule is Cn1cc(-c2cc(Oc3ccc(F)cc3)ncn2)cn1. The van der Waals surface area contributed by atoms with Gasteiger partial charge in [-0.3, -0.25) is 4.68 Å². The van der Waals surface area contributed by atoms with Crippen LogP contribution in [0.15, 0.2) is 49.1 Å². The number of halogens is 1. The maximum Gasteiger partial charge on any atom is 0.222 e. The molecular formula is C14H11FN4O. The molecule has 0 atom stereocenters. The average Bonchev–Trinajstić information content (AvgIpc) is 2.89. The summed E-state index contributed by atoms with van der Waals surface area (Å²) in [6.07, 6.45) is 4.98. The van der Waals surface area contributed by atoms with Gasteiger partial charge in [0.05, 0.1) is 11.9 Å². The molecule has 0 aliphatic rings. The molecule has 2 aromatic heterocycles. The second-order valence-electron chi connectivity index (χ2n) is 4.20. The number of aryl methyl sites for hydroxylation is 1. The third kappa shape index (κ3) is 2.64. The van der Waals surface area contributed by atoms with Gasteiger partial charge in [0.15, 0.2) is 0 Å². The van der Waals surface area contributed by atoms with Gasteiger partial charge in [-0.1, -0.05) is 0 Å². The van der Waals surface area contributed by atoms with Crippen molar-refractivity contribution in [1.29, 1.82) is 0 Å². The Morgan fingerprint density at radius 2 is 1.95 bits per heavy atom. The lowest BCUT2D eigenvalue weighted by Gasteiger charge is -2.05. The number of nitrogens with zero attached hydrogens (tertiary/aromatic N) is 4. The fourth-order valence-electron chi connectivity index (χ4n) is 1.73. The molecule has 5 nitrogen and oxygen atoms in total. The summed E-state index contributed by atoms with van der Waals surface area (Å²) in [5.74, 6) is 0.601. The number of hydrogen-bond acceptors (Lipinski definition) is 4. The first-order valence-corrected chi connectivity index (χ1v) is 5.95. The molecule has 0 aliphatic heterocycles. The van der Waals surface area contributed by atoms with Gasteiger partial charge in [0.2, 0.25) is 5.88 Å². The topological polar surface area (TPSA) is 52.8 Å². The van der Waals surface area contributed by atoms with Gasteiger partial charge >= 0.3 is 0 Å². The minimum Gasteiger partial charge on any atom is -0.439 e. The van der Waals surface area contributed by atoms with Crippen LogP contribution in [0.5, 0.6) is 11.6 Å². The van der Waals surface area contributed by atoms with Gasteiger partial charge in [-0.2, -0.15) is 5.10 Å². The molecule has 3 rings (SSSR count). The van der Waals surface area contributed by atoms with Crippen LogP contribution in [0.2, 0.25) is 0 Å². The van der Waals surface area contributed by atoms with E-state index in [-0.39, 0.29) is 5.82 Å². The highest BCUT2D eigenvalue weighted by Crippen LogP contribution is 2.23. The molecule has 0 saturated heterocycles. The fourth-order valence-corrected chi connectivity index (χ4v) is 1.73. The number of rotatable bonds is 3. The lowest BCUT2D eigenvalue weighted by atomic mass is 10.2. The van der Waals surface area contributed by atoms with Crippen molar-refractivity contribution < 1.29 is 9.13 Å². The normalized spacial score (nSPS) is 10.5. The molecule has 0 radical (unpaired) electrons. The molecule has 1 aromatic carbocycles. The van der Waals surface area contributed by atoms with E-state index in [1.54, 1.807) is 29.1 Å². The molecular weight excluding hydrogens is 259 g/mol. The van der Waals surface area contributed by atoms with Crippen molar-refractivity contribution in [3.8, 4) is 22.9 Å². The number of benzene rings is 1. The van der Waals surface area contributed by atoms with E-state index in [0.29, 0.717) is 17.3 Å². The van der Waals surface area contributed by atoms with Gasteiger partial charge in [0.1, 0.15) is 17.9 Å². The Balaban J connectivity index is 1.86. The minimum atomic E-state index is -0.309. The van der Waals surface area contributed by atoms with Gasteiger partial charge in [-0.15, -0.1) is 0 Å². The van der Waals surface area contributed by atoms with E-state index >= 15 is 0 Å². The maximum atomic E-state index is 12.8. The van der Waals surface area contributed by atoms with Gasteiger partial charge in [0.25, 0.3) is 0 Å². The molecule has 6 heteroatoms. The maximum absolute atomic E-state index is 12.8. The molecule has 0 unspecified atom stereocenters. The van der Waals surface area contributed by atoms with E-state index in [4.69, 9.17) is 4.74 Å². The van der Waals surface area contributed by atoms with Crippen molar-refractivity contribution >= 4 is 0 Å². The van der Waals surface area contributed by atoms with Crippen LogP contribution in [0.1, 0.15) is 0 Å². The molecule has 20 heavy (non-hydrogen) atoms. The molecule has 0 bridgehead atoms. The van der Waals surface area contributed by atoms with Crippen molar-refractivity contribution in [1.82, 2.24) is 19.7 Å². The summed E-state index contributed by atoms with van der Waals surface area (Å²) < 4.78 is 20.1. The minimum absolute atomic E-state index is 0.309. The molecule has 0 fully saturated rings. The second-order valence-corrected chi connectivity index (χ2v) is 4.20. The van der Waals surface area contributed by atoms with Crippen molar-refractivity contribution in [3.63, 3.8) is 0 Å². The molecule has 0 amide bonds. The van der Waals surface area contributed by atoms with Crippen LogP contribution in [-0.4, -0.2) is 19.7 Å². The van der Waals surface area contributed by atoms with E-state index in [0.717, 1.165) is 5.56 Å². The predicted octanol–water partition coefficient (Wildman–Crippen LogP) is 2.81. The van der Waals surface area contributed by atoms with E-state index in [9.17, 15) is 4.39 Å². The Hall–Kier alpha value is -2.76. The van der Waals surface area contributed by atoms with Crippen molar-refractivity contribution in [3.05, 3.63) is 54.9 Å². The first kappa shape index (κ1) is 12.3. The Bertz CT molecular complexity index is 724. The van der Waals surface area contributed by atoms with E-state index < -0.39 is 0 Å². The van der Waals surface area contributed by atoms with Crippen LogP contribution in [0.25, 0.3) is 11.3 Å². The highest BCUT2D eigenvalue weighted by Gasteiger charge is 2.05. The van der Waals surface area contributed by atoms with E-state index in [1.165, 1.54) is 18.5 Å². The zero-order valence-electron chi connectivity index (χ0n) is 10.7. The third-order valence-electron chi connectivity index (χ3n) is 2.68.